The quantitative estimate of drug-likeness (QED) is 0.910. The molecule has 3 rings (SSSR count). The van der Waals surface area contributed by atoms with E-state index in [2.05, 4.69) is 22.4 Å². The van der Waals surface area contributed by atoms with Crippen molar-refractivity contribution >= 4 is 5.91 Å². The van der Waals surface area contributed by atoms with Crippen molar-refractivity contribution in [2.75, 3.05) is 0 Å². The van der Waals surface area contributed by atoms with Crippen LogP contribution in [0.5, 0.6) is 5.75 Å². The molecule has 1 aromatic carbocycles. The molecule has 2 atom stereocenters. The Morgan fingerprint density at radius 3 is 2.74 bits per heavy atom. The highest BCUT2D eigenvalue weighted by molar-refractivity contribution is 5.79. The molecule has 1 aliphatic rings. The molecule has 1 aliphatic carbocycles. The lowest BCUT2D eigenvalue weighted by molar-refractivity contribution is -0.126. The van der Waals surface area contributed by atoms with E-state index in [9.17, 15) is 9.90 Å². The molecule has 1 amide bonds. The fraction of sp³-hybridized carbons (Fsp3) is 0.368. The van der Waals surface area contributed by atoms with Gasteiger partial charge in [0.2, 0.25) is 5.91 Å². The fourth-order valence-corrected chi connectivity index (χ4v) is 3.43. The topological polar surface area (TPSA) is 62.2 Å². The predicted octanol–water partition coefficient (Wildman–Crippen LogP) is 3.38. The smallest absolute Gasteiger partial charge is 0.223 e. The van der Waals surface area contributed by atoms with E-state index in [0.29, 0.717) is 12.5 Å². The first kappa shape index (κ1) is 15.5. The van der Waals surface area contributed by atoms with Crippen LogP contribution in [0.25, 0.3) is 0 Å². The maximum absolute atomic E-state index is 12.6. The minimum atomic E-state index is 0.0245. The number of hydrogen-bond donors (Lipinski definition) is 2. The molecule has 4 heteroatoms. The van der Waals surface area contributed by atoms with Gasteiger partial charge >= 0.3 is 0 Å². The van der Waals surface area contributed by atoms with Crippen LogP contribution in [0, 0.1) is 5.92 Å². The van der Waals surface area contributed by atoms with Gasteiger partial charge in [-0.15, -0.1) is 0 Å². The van der Waals surface area contributed by atoms with Gasteiger partial charge in [-0.05, 0) is 36.0 Å². The molecular weight excluding hydrogens is 288 g/mol. The van der Waals surface area contributed by atoms with Crippen molar-refractivity contribution in [1.29, 1.82) is 0 Å². The molecule has 0 bridgehead atoms. The van der Waals surface area contributed by atoms with Crippen LogP contribution in [0.3, 0.4) is 0 Å². The lowest BCUT2D eigenvalue weighted by atomic mass is 9.75. The minimum absolute atomic E-state index is 0.0245. The summed E-state index contributed by atoms with van der Waals surface area (Å²) < 4.78 is 0. The Balaban J connectivity index is 1.67. The molecule has 0 unspecified atom stereocenters. The zero-order chi connectivity index (χ0) is 16.1. The highest BCUT2D eigenvalue weighted by Gasteiger charge is 2.31. The van der Waals surface area contributed by atoms with E-state index in [4.69, 9.17) is 0 Å². The highest BCUT2D eigenvalue weighted by Crippen LogP contribution is 2.37. The van der Waals surface area contributed by atoms with Crippen LogP contribution in [0.15, 0.2) is 48.8 Å². The van der Waals surface area contributed by atoms with E-state index >= 15 is 0 Å². The summed E-state index contributed by atoms with van der Waals surface area (Å²) in [7, 11) is 0. The maximum atomic E-state index is 12.6. The van der Waals surface area contributed by atoms with Gasteiger partial charge < -0.3 is 10.4 Å². The number of nitrogens with zero attached hydrogens (tertiary/aromatic N) is 1. The van der Waals surface area contributed by atoms with Gasteiger partial charge in [0.05, 0.1) is 6.20 Å². The number of carbonyl (C=O) groups excluding carboxylic acids is 1. The number of amides is 1. The third-order valence-corrected chi connectivity index (χ3v) is 4.58. The van der Waals surface area contributed by atoms with Crippen molar-refractivity contribution < 1.29 is 9.90 Å². The lowest BCUT2D eigenvalue weighted by Crippen LogP contribution is -2.35. The van der Waals surface area contributed by atoms with Crippen molar-refractivity contribution in [2.45, 2.75) is 38.1 Å². The van der Waals surface area contributed by atoms with Gasteiger partial charge in [0.25, 0.3) is 0 Å². The fourth-order valence-electron chi connectivity index (χ4n) is 3.43. The van der Waals surface area contributed by atoms with Crippen LogP contribution >= 0.6 is 0 Å². The number of pyridine rings is 1. The molecular formula is C19H22N2O2. The van der Waals surface area contributed by atoms with Gasteiger partial charge in [0, 0.05) is 18.7 Å². The molecule has 0 radical (unpaired) electrons. The summed E-state index contributed by atoms with van der Waals surface area (Å²) in [5.74, 6) is 0.544. The molecule has 0 aliphatic heterocycles. The molecule has 0 saturated heterocycles. The van der Waals surface area contributed by atoms with Crippen molar-refractivity contribution in [3.8, 4) is 5.75 Å². The second-order valence-electron chi connectivity index (χ2n) is 6.18. The Bertz CT molecular complexity index is 657. The molecule has 1 fully saturated rings. The number of carbonyl (C=O) groups is 1. The van der Waals surface area contributed by atoms with E-state index in [1.54, 1.807) is 12.3 Å². The molecule has 0 spiro atoms. The second-order valence-corrected chi connectivity index (χ2v) is 6.18. The molecule has 120 valence electrons. The van der Waals surface area contributed by atoms with Crippen molar-refractivity contribution in [3.05, 3.63) is 59.9 Å². The summed E-state index contributed by atoms with van der Waals surface area (Å²) in [4.78, 5) is 16.6. The van der Waals surface area contributed by atoms with Gasteiger partial charge in [-0.1, -0.05) is 43.2 Å². The Labute approximate surface area is 136 Å². The Kier molecular flexibility index (Phi) is 4.91. The molecule has 4 nitrogen and oxygen atoms in total. The normalized spacial score (nSPS) is 20.9. The number of benzene rings is 1. The van der Waals surface area contributed by atoms with Gasteiger partial charge in [-0.3, -0.25) is 9.78 Å². The third kappa shape index (κ3) is 3.89. The van der Waals surface area contributed by atoms with Crippen molar-refractivity contribution in [3.63, 3.8) is 0 Å². The van der Waals surface area contributed by atoms with Crippen LogP contribution in [-0.2, 0) is 11.3 Å². The number of aromatic nitrogens is 1. The number of aromatic hydroxyl groups is 1. The Morgan fingerprint density at radius 1 is 1.17 bits per heavy atom. The first-order valence-electron chi connectivity index (χ1n) is 8.19. The molecule has 1 saturated carbocycles. The summed E-state index contributed by atoms with van der Waals surface area (Å²) in [5, 5.41) is 12.4. The molecule has 1 aromatic heterocycles. The highest BCUT2D eigenvalue weighted by atomic mass is 16.3. The zero-order valence-electron chi connectivity index (χ0n) is 13.1. The van der Waals surface area contributed by atoms with Gasteiger partial charge in [-0.2, -0.15) is 0 Å². The van der Waals surface area contributed by atoms with Crippen LogP contribution in [-0.4, -0.2) is 16.0 Å². The van der Waals surface area contributed by atoms with E-state index in [-0.39, 0.29) is 17.6 Å². The molecule has 1 heterocycles. The average Bonchev–Trinajstić information content (AvgIpc) is 2.60. The lowest BCUT2D eigenvalue weighted by Gasteiger charge is -2.31. The van der Waals surface area contributed by atoms with Gasteiger partial charge in [0.15, 0.2) is 0 Å². The molecule has 23 heavy (non-hydrogen) atoms. The summed E-state index contributed by atoms with van der Waals surface area (Å²) in [6.45, 7) is 0.401. The van der Waals surface area contributed by atoms with Gasteiger partial charge in [-0.25, -0.2) is 0 Å². The van der Waals surface area contributed by atoms with Crippen LogP contribution in [0.4, 0.5) is 0 Å². The number of rotatable bonds is 4. The summed E-state index contributed by atoms with van der Waals surface area (Å²) >= 11 is 0. The largest absolute Gasteiger partial charge is 0.506 e. The first-order chi connectivity index (χ1) is 11.2. The Morgan fingerprint density at radius 2 is 1.96 bits per heavy atom. The monoisotopic (exact) mass is 310 g/mol. The summed E-state index contributed by atoms with van der Waals surface area (Å²) in [6, 6.07) is 12.0. The maximum Gasteiger partial charge on any atom is 0.223 e. The first-order valence-corrected chi connectivity index (χ1v) is 8.19. The number of hydrogen-bond acceptors (Lipinski definition) is 3. The number of nitrogens with one attached hydrogen (secondary N) is 1. The third-order valence-electron chi connectivity index (χ3n) is 4.58. The second kappa shape index (κ2) is 7.27. The van der Waals surface area contributed by atoms with Crippen LogP contribution < -0.4 is 5.32 Å². The minimum Gasteiger partial charge on any atom is -0.506 e. The zero-order valence-corrected chi connectivity index (χ0v) is 13.1. The van der Waals surface area contributed by atoms with E-state index in [1.165, 1.54) is 18.2 Å². The summed E-state index contributed by atoms with van der Waals surface area (Å²) in [6.07, 6.45) is 7.34. The van der Waals surface area contributed by atoms with Crippen molar-refractivity contribution in [2.24, 2.45) is 5.92 Å². The van der Waals surface area contributed by atoms with Gasteiger partial charge in [0.1, 0.15) is 5.75 Å². The molecule has 2 aromatic rings. The summed E-state index contributed by atoms with van der Waals surface area (Å²) in [5.41, 5.74) is 2.07. The van der Waals surface area contributed by atoms with Crippen LogP contribution in [0.1, 0.15) is 42.7 Å². The van der Waals surface area contributed by atoms with Crippen molar-refractivity contribution in [1.82, 2.24) is 10.3 Å². The van der Waals surface area contributed by atoms with Crippen LogP contribution in [0.2, 0.25) is 0 Å². The van der Waals surface area contributed by atoms with E-state index in [0.717, 1.165) is 24.8 Å². The predicted molar refractivity (Wildman–Crippen MR) is 88.9 cm³/mol. The molecule has 2 N–H and O–H groups in total. The SMILES string of the molecule is O=C(NCc1cncc(O)c1)[C@@H]1CCCC[C@@H]1c1ccccc1. The standard InChI is InChI=1S/C19H22N2O2/c22-16-10-14(11-20-13-16)12-21-19(23)18-9-5-4-8-17(18)15-6-2-1-3-7-15/h1-3,6-7,10-11,13,17-18,22H,4-5,8-9,12H2,(H,21,23)/t17-,18-/m1/s1. The van der Waals surface area contributed by atoms with E-state index < -0.39 is 0 Å². The average molecular weight is 310 g/mol. The Hall–Kier alpha value is -2.36. The van der Waals surface area contributed by atoms with E-state index in [1.807, 2.05) is 18.2 Å².